The van der Waals surface area contributed by atoms with Gasteiger partial charge in [-0.05, 0) is 24.5 Å². The number of rotatable bonds is 9. The zero-order valence-electron chi connectivity index (χ0n) is 17.8. The van der Waals surface area contributed by atoms with Crippen LogP contribution < -0.4 is 15.4 Å². The molecule has 0 fully saturated rings. The maximum absolute atomic E-state index is 5.93. The molecule has 0 spiro atoms. The molecule has 1 aromatic carbocycles. The summed E-state index contributed by atoms with van der Waals surface area (Å²) in [7, 11) is 0. The van der Waals surface area contributed by atoms with Gasteiger partial charge in [0.2, 0.25) is 5.88 Å². The summed E-state index contributed by atoms with van der Waals surface area (Å²) in [4.78, 5) is 9.04. The predicted octanol–water partition coefficient (Wildman–Crippen LogP) is 4.03. The molecule has 7 nitrogen and oxygen atoms in total. The van der Waals surface area contributed by atoms with Crippen LogP contribution in [0, 0.1) is 0 Å². The lowest BCUT2D eigenvalue weighted by atomic mass is 10.1. The van der Waals surface area contributed by atoms with Gasteiger partial charge in [0.1, 0.15) is 6.61 Å². The van der Waals surface area contributed by atoms with E-state index < -0.39 is 0 Å². The molecular weight excluding hydrogens is 378 g/mol. The molecule has 0 radical (unpaired) electrons. The fraction of sp³-hybridized carbons (Fsp3) is 0.348. The molecule has 2 N–H and O–H groups in total. The molecule has 0 aliphatic rings. The van der Waals surface area contributed by atoms with Crippen molar-refractivity contribution in [1.29, 1.82) is 0 Å². The second kappa shape index (κ2) is 11.0. The second-order valence-corrected chi connectivity index (χ2v) is 7.16. The van der Waals surface area contributed by atoms with Gasteiger partial charge in [0, 0.05) is 24.4 Å². The number of nitrogens with one attached hydrogen (secondary N) is 2. The van der Waals surface area contributed by atoms with E-state index in [1.165, 1.54) is 0 Å². The fourth-order valence-electron chi connectivity index (χ4n) is 2.76. The summed E-state index contributed by atoms with van der Waals surface area (Å²) in [6.07, 6.45) is 1.73. The number of hydrogen-bond donors (Lipinski definition) is 2. The van der Waals surface area contributed by atoms with Crippen molar-refractivity contribution in [3.8, 4) is 5.88 Å². The zero-order valence-corrected chi connectivity index (χ0v) is 17.8. The quantitative estimate of drug-likeness (QED) is 0.412. The molecule has 0 saturated heterocycles. The number of nitrogens with zero attached hydrogens (tertiary/aromatic N) is 3. The standard InChI is InChI=1S/C23H29N5O2/c1-4-24-23(27-15-20-13-21(17(2)3)28-30-20)26-14-19-11-8-12-25-22(19)29-16-18-9-6-5-7-10-18/h5-13,17H,4,14-16H2,1-3H3,(H2,24,26,27). The summed E-state index contributed by atoms with van der Waals surface area (Å²) in [5, 5.41) is 10.6. The van der Waals surface area contributed by atoms with E-state index in [2.05, 4.69) is 39.6 Å². The summed E-state index contributed by atoms with van der Waals surface area (Å²) in [5.41, 5.74) is 2.97. The van der Waals surface area contributed by atoms with Crippen molar-refractivity contribution >= 4 is 5.96 Å². The smallest absolute Gasteiger partial charge is 0.218 e. The molecule has 3 aromatic rings. The fourth-order valence-corrected chi connectivity index (χ4v) is 2.76. The van der Waals surface area contributed by atoms with E-state index in [0.717, 1.165) is 29.1 Å². The van der Waals surface area contributed by atoms with E-state index in [4.69, 9.17) is 9.26 Å². The number of aromatic nitrogens is 2. The SMILES string of the molecule is CCNC(=NCc1cccnc1OCc1ccccc1)NCc1cc(C(C)C)no1. The topological polar surface area (TPSA) is 84.6 Å². The number of pyridine rings is 1. The Kier molecular flexibility index (Phi) is 7.83. The van der Waals surface area contributed by atoms with Gasteiger partial charge >= 0.3 is 0 Å². The molecule has 0 unspecified atom stereocenters. The number of guanidine groups is 1. The summed E-state index contributed by atoms with van der Waals surface area (Å²) < 4.78 is 11.3. The van der Waals surface area contributed by atoms with Crippen LogP contribution in [-0.4, -0.2) is 22.6 Å². The summed E-state index contributed by atoms with van der Waals surface area (Å²) in [6.45, 7) is 8.39. The van der Waals surface area contributed by atoms with Gasteiger partial charge < -0.3 is 19.9 Å². The summed E-state index contributed by atoms with van der Waals surface area (Å²) >= 11 is 0. The third-order valence-corrected chi connectivity index (χ3v) is 4.42. The highest BCUT2D eigenvalue weighted by molar-refractivity contribution is 5.79. The van der Waals surface area contributed by atoms with E-state index in [0.29, 0.717) is 37.5 Å². The Morgan fingerprint density at radius 2 is 1.97 bits per heavy atom. The van der Waals surface area contributed by atoms with Gasteiger partial charge in [-0.3, -0.25) is 0 Å². The molecule has 30 heavy (non-hydrogen) atoms. The van der Waals surface area contributed by atoms with Crippen molar-refractivity contribution in [3.63, 3.8) is 0 Å². The minimum absolute atomic E-state index is 0.337. The molecule has 0 bridgehead atoms. The molecule has 7 heteroatoms. The molecule has 0 amide bonds. The predicted molar refractivity (Wildman–Crippen MR) is 117 cm³/mol. The minimum atomic E-state index is 0.337. The lowest BCUT2D eigenvalue weighted by Gasteiger charge is -2.12. The van der Waals surface area contributed by atoms with Crippen LogP contribution in [0.25, 0.3) is 0 Å². The van der Waals surface area contributed by atoms with Crippen LogP contribution in [0.2, 0.25) is 0 Å². The van der Waals surface area contributed by atoms with Crippen molar-refractivity contribution in [2.75, 3.05) is 6.54 Å². The first-order valence-electron chi connectivity index (χ1n) is 10.2. The molecular formula is C23H29N5O2. The van der Waals surface area contributed by atoms with E-state index in [9.17, 15) is 0 Å². The largest absolute Gasteiger partial charge is 0.473 e. The first-order valence-corrected chi connectivity index (χ1v) is 10.2. The zero-order chi connectivity index (χ0) is 21.2. The molecule has 0 aliphatic carbocycles. The highest BCUT2D eigenvalue weighted by atomic mass is 16.5. The van der Waals surface area contributed by atoms with Crippen LogP contribution in [0.4, 0.5) is 0 Å². The van der Waals surface area contributed by atoms with E-state index in [-0.39, 0.29) is 0 Å². The Morgan fingerprint density at radius 3 is 2.70 bits per heavy atom. The van der Waals surface area contributed by atoms with Gasteiger partial charge in [-0.1, -0.05) is 55.4 Å². The lowest BCUT2D eigenvalue weighted by molar-refractivity contribution is 0.290. The van der Waals surface area contributed by atoms with E-state index in [1.807, 2.05) is 55.5 Å². The number of hydrogen-bond acceptors (Lipinski definition) is 5. The van der Waals surface area contributed by atoms with Crippen molar-refractivity contribution < 1.29 is 9.26 Å². The van der Waals surface area contributed by atoms with Gasteiger partial charge in [-0.15, -0.1) is 0 Å². The van der Waals surface area contributed by atoms with Gasteiger partial charge in [0.15, 0.2) is 11.7 Å². The third-order valence-electron chi connectivity index (χ3n) is 4.42. The molecule has 0 saturated carbocycles. The van der Waals surface area contributed by atoms with Crippen molar-refractivity contribution in [1.82, 2.24) is 20.8 Å². The van der Waals surface area contributed by atoms with Crippen molar-refractivity contribution in [3.05, 3.63) is 77.3 Å². The minimum Gasteiger partial charge on any atom is -0.473 e. The average Bonchev–Trinajstić information content (AvgIpc) is 3.25. The van der Waals surface area contributed by atoms with Gasteiger partial charge in [0.05, 0.1) is 18.8 Å². The molecule has 2 aromatic heterocycles. The summed E-state index contributed by atoms with van der Waals surface area (Å²) in [6, 6.07) is 15.9. The Balaban J connectivity index is 1.62. The molecule has 0 atom stereocenters. The molecule has 158 valence electrons. The van der Waals surface area contributed by atoms with Crippen LogP contribution in [0.5, 0.6) is 5.88 Å². The Labute approximate surface area is 177 Å². The van der Waals surface area contributed by atoms with Crippen LogP contribution in [0.3, 0.4) is 0 Å². The van der Waals surface area contributed by atoms with Crippen LogP contribution >= 0.6 is 0 Å². The maximum Gasteiger partial charge on any atom is 0.218 e. The monoisotopic (exact) mass is 407 g/mol. The number of benzene rings is 1. The highest BCUT2D eigenvalue weighted by Gasteiger charge is 2.09. The van der Waals surface area contributed by atoms with Crippen molar-refractivity contribution in [2.45, 2.75) is 46.4 Å². The third kappa shape index (κ3) is 6.34. The number of ether oxygens (including phenoxy) is 1. The van der Waals surface area contributed by atoms with Crippen LogP contribution in [0.15, 0.2) is 64.2 Å². The number of aliphatic imine (C=N–C) groups is 1. The van der Waals surface area contributed by atoms with E-state index >= 15 is 0 Å². The Morgan fingerprint density at radius 1 is 1.13 bits per heavy atom. The van der Waals surface area contributed by atoms with E-state index in [1.54, 1.807) is 6.20 Å². The Hall–Kier alpha value is -3.35. The maximum atomic E-state index is 5.93. The van der Waals surface area contributed by atoms with Crippen LogP contribution in [0.1, 0.15) is 49.3 Å². The van der Waals surface area contributed by atoms with Gasteiger partial charge in [0.25, 0.3) is 0 Å². The molecule has 3 rings (SSSR count). The lowest BCUT2D eigenvalue weighted by Crippen LogP contribution is -2.36. The first-order chi connectivity index (χ1) is 14.7. The van der Waals surface area contributed by atoms with Crippen LogP contribution in [-0.2, 0) is 19.7 Å². The van der Waals surface area contributed by atoms with Gasteiger partial charge in [-0.25, -0.2) is 9.98 Å². The highest BCUT2D eigenvalue weighted by Crippen LogP contribution is 2.17. The first kappa shape index (κ1) is 21.4. The Bertz CT molecular complexity index is 938. The average molecular weight is 408 g/mol. The molecule has 2 heterocycles. The summed E-state index contributed by atoms with van der Waals surface area (Å²) in [5.74, 6) is 2.40. The van der Waals surface area contributed by atoms with Gasteiger partial charge in [-0.2, -0.15) is 0 Å². The van der Waals surface area contributed by atoms with Crippen molar-refractivity contribution in [2.24, 2.45) is 4.99 Å². The second-order valence-electron chi connectivity index (χ2n) is 7.16. The molecule has 0 aliphatic heterocycles. The normalized spacial score (nSPS) is 11.5.